The second-order valence-electron chi connectivity index (χ2n) is 5.23. The number of aromatic nitrogens is 1. The SMILES string of the molecule is C[C@@H](Oc1ccc(Cl)c(Cl)c1)C(=O)Nc1nc(-c2ccccc2)cs1. The van der Waals surface area contributed by atoms with Crippen molar-refractivity contribution < 1.29 is 9.53 Å². The summed E-state index contributed by atoms with van der Waals surface area (Å²) >= 11 is 13.2. The van der Waals surface area contributed by atoms with Gasteiger partial charge in [0.25, 0.3) is 5.91 Å². The number of nitrogens with zero attached hydrogens (tertiary/aromatic N) is 1. The van der Waals surface area contributed by atoms with Crippen molar-refractivity contribution in [1.29, 1.82) is 0 Å². The van der Waals surface area contributed by atoms with Gasteiger partial charge in [-0.25, -0.2) is 4.98 Å². The minimum absolute atomic E-state index is 0.292. The van der Waals surface area contributed by atoms with E-state index in [9.17, 15) is 4.79 Å². The third kappa shape index (κ3) is 4.51. The lowest BCUT2D eigenvalue weighted by molar-refractivity contribution is -0.122. The summed E-state index contributed by atoms with van der Waals surface area (Å²) in [5.41, 5.74) is 1.82. The average molecular weight is 393 g/mol. The van der Waals surface area contributed by atoms with E-state index in [1.54, 1.807) is 25.1 Å². The van der Waals surface area contributed by atoms with Crippen LogP contribution in [-0.4, -0.2) is 17.0 Å². The van der Waals surface area contributed by atoms with Crippen LogP contribution in [0.4, 0.5) is 5.13 Å². The van der Waals surface area contributed by atoms with Crippen LogP contribution >= 0.6 is 34.5 Å². The van der Waals surface area contributed by atoms with Crippen LogP contribution in [0, 0.1) is 0 Å². The fourth-order valence-electron chi connectivity index (χ4n) is 2.09. The molecule has 1 atom stereocenters. The smallest absolute Gasteiger partial charge is 0.266 e. The van der Waals surface area contributed by atoms with Crippen molar-refractivity contribution in [2.24, 2.45) is 0 Å². The molecule has 1 amide bonds. The number of nitrogens with one attached hydrogen (secondary N) is 1. The summed E-state index contributed by atoms with van der Waals surface area (Å²) in [6.07, 6.45) is -0.707. The molecule has 0 unspecified atom stereocenters. The summed E-state index contributed by atoms with van der Waals surface area (Å²) in [4.78, 5) is 16.7. The molecule has 3 aromatic rings. The van der Waals surface area contributed by atoms with Gasteiger partial charge in [0.05, 0.1) is 15.7 Å². The quantitative estimate of drug-likeness (QED) is 0.621. The molecule has 7 heteroatoms. The third-order valence-corrected chi connectivity index (χ3v) is 4.87. The zero-order chi connectivity index (χ0) is 17.8. The Hall–Kier alpha value is -2.08. The molecular weight excluding hydrogens is 379 g/mol. The lowest BCUT2D eigenvalue weighted by Gasteiger charge is -2.14. The molecule has 1 N–H and O–H groups in total. The molecule has 0 fully saturated rings. The van der Waals surface area contributed by atoms with Gasteiger partial charge in [0.2, 0.25) is 0 Å². The van der Waals surface area contributed by atoms with E-state index in [4.69, 9.17) is 27.9 Å². The lowest BCUT2D eigenvalue weighted by Crippen LogP contribution is -2.30. The topological polar surface area (TPSA) is 51.2 Å². The minimum Gasteiger partial charge on any atom is -0.481 e. The van der Waals surface area contributed by atoms with E-state index >= 15 is 0 Å². The Morgan fingerprint density at radius 1 is 1.16 bits per heavy atom. The molecular formula is C18H14Cl2N2O2S. The predicted octanol–water partition coefficient (Wildman–Crippen LogP) is 5.52. The van der Waals surface area contributed by atoms with Gasteiger partial charge < -0.3 is 4.74 Å². The van der Waals surface area contributed by atoms with Gasteiger partial charge in [-0.15, -0.1) is 11.3 Å². The molecule has 2 aromatic carbocycles. The first-order valence-corrected chi connectivity index (χ1v) is 9.10. The van der Waals surface area contributed by atoms with Crippen LogP contribution in [0.25, 0.3) is 11.3 Å². The average Bonchev–Trinajstić information content (AvgIpc) is 3.07. The van der Waals surface area contributed by atoms with E-state index in [1.165, 1.54) is 11.3 Å². The highest BCUT2D eigenvalue weighted by Gasteiger charge is 2.17. The third-order valence-electron chi connectivity index (χ3n) is 3.38. The molecule has 0 aliphatic carbocycles. The van der Waals surface area contributed by atoms with E-state index in [1.807, 2.05) is 35.7 Å². The van der Waals surface area contributed by atoms with Gasteiger partial charge in [-0.1, -0.05) is 53.5 Å². The maximum atomic E-state index is 12.3. The molecule has 0 bridgehead atoms. The first-order valence-electron chi connectivity index (χ1n) is 7.46. The zero-order valence-electron chi connectivity index (χ0n) is 13.2. The monoisotopic (exact) mass is 392 g/mol. The number of anilines is 1. The van der Waals surface area contributed by atoms with Gasteiger partial charge in [0.1, 0.15) is 5.75 Å². The molecule has 3 rings (SSSR count). The Kier molecular flexibility index (Phi) is 5.58. The highest BCUT2D eigenvalue weighted by molar-refractivity contribution is 7.14. The second kappa shape index (κ2) is 7.87. The number of thiazole rings is 1. The molecule has 0 saturated heterocycles. The highest BCUT2D eigenvalue weighted by atomic mass is 35.5. The zero-order valence-corrected chi connectivity index (χ0v) is 15.5. The molecule has 0 radical (unpaired) electrons. The first-order chi connectivity index (χ1) is 12.0. The van der Waals surface area contributed by atoms with E-state index < -0.39 is 6.10 Å². The Labute approximate surface area is 159 Å². The predicted molar refractivity (Wildman–Crippen MR) is 103 cm³/mol. The van der Waals surface area contributed by atoms with Crippen molar-refractivity contribution in [3.05, 3.63) is 64.0 Å². The number of halogens is 2. The van der Waals surface area contributed by atoms with Crippen LogP contribution < -0.4 is 10.1 Å². The van der Waals surface area contributed by atoms with Crippen molar-refractivity contribution in [1.82, 2.24) is 4.98 Å². The van der Waals surface area contributed by atoms with Crippen LogP contribution in [0.3, 0.4) is 0 Å². The number of hydrogen-bond donors (Lipinski definition) is 1. The second-order valence-corrected chi connectivity index (χ2v) is 6.90. The molecule has 0 aliphatic rings. The fourth-order valence-corrected chi connectivity index (χ4v) is 3.10. The van der Waals surface area contributed by atoms with E-state index in [0.29, 0.717) is 20.9 Å². The van der Waals surface area contributed by atoms with Crippen molar-refractivity contribution >= 4 is 45.6 Å². The molecule has 25 heavy (non-hydrogen) atoms. The Morgan fingerprint density at radius 2 is 1.92 bits per heavy atom. The van der Waals surface area contributed by atoms with Crippen molar-refractivity contribution in [2.45, 2.75) is 13.0 Å². The standard InChI is InChI=1S/C18H14Cl2N2O2S/c1-11(24-13-7-8-14(19)15(20)9-13)17(23)22-18-21-16(10-25-18)12-5-3-2-4-6-12/h2-11H,1H3,(H,21,22,23)/t11-/m1/s1. The number of benzene rings is 2. The summed E-state index contributed by atoms with van der Waals surface area (Å²) in [5, 5.41) is 5.99. The number of ether oxygens (including phenoxy) is 1. The van der Waals surface area contributed by atoms with Gasteiger partial charge in [-0.05, 0) is 19.1 Å². The lowest BCUT2D eigenvalue weighted by atomic mass is 10.2. The molecule has 4 nitrogen and oxygen atoms in total. The minimum atomic E-state index is -0.707. The molecule has 1 heterocycles. The first kappa shape index (κ1) is 17.7. The van der Waals surface area contributed by atoms with Crippen LogP contribution in [0.1, 0.15) is 6.92 Å². The summed E-state index contributed by atoms with van der Waals surface area (Å²) in [7, 11) is 0. The number of hydrogen-bond acceptors (Lipinski definition) is 4. The van der Waals surface area contributed by atoms with Gasteiger partial charge in [-0.3, -0.25) is 10.1 Å². The Bertz CT molecular complexity index is 884. The van der Waals surface area contributed by atoms with Gasteiger partial charge >= 0.3 is 0 Å². The highest BCUT2D eigenvalue weighted by Crippen LogP contribution is 2.27. The van der Waals surface area contributed by atoms with Crippen LogP contribution in [0.5, 0.6) is 5.75 Å². The molecule has 128 valence electrons. The summed E-state index contributed by atoms with van der Waals surface area (Å²) < 4.78 is 5.60. The molecule has 0 spiro atoms. The van der Waals surface area contributed by atoms with Crippen molar-refractivity contribution in [3.8, 4) is 17.0 Å². The normalized spacial score (nSPS) is 11.8. The van der Waals surface area contributed by atoms with E-state index in [2.05, 4.69) is 10.3 Å². The number of carbonyl (C=O) groups excluding carboxylic acids is 1. The number of rotatable bonds is 5. The molecule has 1 aromatic heterocycles. The Morgan fingerprint density at radius 3 is 2.64 bits per heavy atom. The van der Waals surface area contributed by atoms with Crippen molar-refractivity contribution in [3.63, 3.8) is 0 Å². The summed E-state index contributed by atoms with van der Waals surface area (Å²) in [5.74, 6) is 0.182. The maximum absolute atomic E-state index is 12.3. The Balaban J connectivity index is 1.63. The summed E-state index contributed by atoms with van der Waals surface area (Å²) in [6, 6.07) is 14.6. The number of amides is 1. The van der Waals surface area contributed by atoms with Crippen molar-refractivity contribution in [2.75, 3.05) is 5.32 Å². The number of carbonyl (C=O) groups is 1. The molecule has 0 saturated carbocycles. The van der Waals surface area contributed by atoms with Crippen LogP contribution in [-0.2, 0) is 4.79 Å². The van der Waals surface area contributed by atoms with Crippen LogP contribution in [0.2, 0.25) is 10.0 Å². The van der Waals surface area contributed by atoms with Gasteiger partial charge in [0, 0.05) is 17.0 Å². The van der Waals surface area contributed by atoms with Gasteiger partial charge in [-0.2, -0.15) is 0 Å². The largest absolute Gasteiger partial charge is 0.481 e. The van der Waals surface area contributed by atoms with E-state index in [0.717, 1.165) is 11.3 Å². The molecule has 0 aliphatic heterocycles. The van der Waals surface area contributed by atoms with Crippen LogP contribution in [0.15, 0.2) is 53.9 Å². The van der Waals surface area contributed by atoms with Gasteiger partial charge in [0.15, 0.2) is 11.2 Å². The van der Waals surface area contributed by atoms with E-state index in [-0.39, 0.29) is 5.91 Å². The summed E-state index contributed by atoms with van der Waals surface area (Å²) in [6.45, 7) is 1.66. The maximum Gasteiger partial charge on any atom is 0.266 e. The fraction of sp³-hybridized carbons (Fsp3) is 0.111.